The van der Waals surface area contributed by atoms with Gasteiger partial charge < -0.3 is 10.2 Å². The zero-order valence-electron chi connectivity index (χ0n) is 11.1. The van der Waals surface area contributed by atoms with Crippen LogP contribution in [-0.4, -0.2) is 29.0 Å². The number of oxazole rings is 1. The third kappa shape index (κ3) is 3.30. The van der Waals surface area contributed by atoms with E-state index in [4.69, 9.17) is 10.2 Å². The standard InChI is InChI=1S/C13H23N3O/c1-13(2,3)11-8-15-12(17-11)9-16-6-4-10(14)5-7-16/h8,10H,4-7,9,14H2,1-3H3. The second-order valence-corrected chi connectivity index (χ2v) is 5.98. The maximum Gasteiger partial charge on any atom is 0.208 e. The van der Waals surface area contributed by atoms with Gasteiger partial charge in [0.1, 0.15) is 5.76 Å². The molecule has 1 saturated heterocycles. The molecule has 96 valence electrons. The Morgan fingerprint density at radius 3 is 2.59 bits per heavy atom. The van der Waals surface area contributed by atoms with Crippen molar-refractivity contribution in [3.8, 4) is 0 Å². The number of hydrogen-bond acceptors (Lipinski definition) is 4. The fourth-order valence-electron chi connectivity index (χ4n) is 2.03. The minimum Gasteiger partial charge on any atom is -0.444 e. The van der Waals surface area contributed by atoms with Crippen molar-refractivity contribution in [3.63, 3.8) is 0 Å². The van der Waals surface area contributed by atoms with E-state index in [2.05, 4.69) is 30.7 Å². The number of aromatic nitrogens is 1. The van der Waals surface area contributed by atoms with Gasteiger partial charge in [-0.1, -0.05) is 20.8 Å². The van der Waals surface area contributed by atoms with Crippen LogP contribution in [0, 0.1) is 0 Å². The lowest BCUT2D eigenvalue weighted by molar-refractivity contribution is 0.185. The van der Waals surface area contributed by atoms with E-state index in [1.165, 1.54) is 0 Å². The first kappa shape index (κ1) is 12.6. The Bertz CT molecular complexity index is 359. The fraction of sp³-hybridized carbons (Fsp3) is 0.769. The zero-order chi connectivity index (χ0) is 12.5. The number of piperidine rings is 1. The van der Waals surface area contributed by atoms with Crippen LogP contribution in [-0.2, 0) is 12.0 Å². The van der Waals surface area contributed by atoms with Gasteiger partial charge in [0, 0.05) is 24.5 Å². The molecule has 0 aliphatic carbocycles. The molecule has 0 unspecified atom stereocenters. The van der Waals surface area contributed by atoms with Crippen LogP contribution in [0.2, 0.25) is 0 Å². The smallest absolute Gasteiger partial charge is 0.208 e. The van der Waals surface area contributed by atoms with Crippen molar-refractivity contribution in [2.75, 3.05) is 13.1 Å². The first-order valence-corrected chi connectivity index (χ1v) is 6.38. The summed E-state index contributed by atoms with van der Waals surface area (Å²) in [6.07, 6.45) is 4.00. The van der Waals surface area contributed by atoms with Crippen LogP contribution < -0.4 is 5.73 Å². The van der Waals surface area contributed by atoms with E-state index in [0.29, 0.717) is 6.04 Å². The normalized spacial score (nSPS) is 19.8. The van der Waals surface area contributed by atoms with Crippen molar-refractivity contribution < 1.29 is 4.42 Å². The minimum atomic E-state index is 0.0372. The average Bonchev–Trinajstić information content (AvgIpc) is 2.69. The highest BCUT2D eigenvalue weighted by atomic mass is 16.4. The summed E-state index contributed by atoms with van der Waals surface area (Å²) in [6, 6.07) is 0.376. The summed E-state index contributed by atoms with van der Waals surface area (Å²) in [7, 11) is 0. The lowest BCUT2D eigenvalue weighted by Gasteiger charge is -2.28. The van der Waals surface area contributed by atoms with Gasteiger partial charge in [0.2, 0.25) is 5.89 Å². The summed E-state index contributed by atoms with van der Waals surface area (Å²) in [4.78, 5) is 6.72. The van der Waals surface area contributed by atoms with Crippen molar-refractivity contribution in [3.05, 3.63) is 17.8 Å². The van der Waals surface area contributed by atoms with Crippen LogP contribution >= 0.6 is 0 Å². The SMILES string of the molecule is CC(C)(C)c1cnc(CN2CCC(N)CC2)o1. The number of likely N-dealkylation sites (tertiary alicyclic amines) is 1. The monoisotopic (exact) mass is 237 g/mol. The predicted octanol–water partition coefficient (Wildman–Crippen LogP) is 1.90. The maximum atomic E-state index is 5.89. The number of rotatable bonds is 2. The Labute approximate surface area is 103 Å². The topological polar surface area (TPSA) is 55.3 Å². The molecule has 0 bridgehead atoms. The summed E-state index contributed by atoms with van der Waals surface area (Å²) < 4.78 is 5.79. The summed E-state index contributed by atoms with van der Waals surface area (Å²) in [6.45, 7) is 9.32. The highest BCUT2D eigenvalue weighted by Gasteiger charge is 2.21. The van der Waals surface area contributed by atoms with Gasteiger partial charge in [-0.2, -0.15) is 0 Å². The van der Waals surface area contributed by atoms with E-state index in [1.54, 1.807) is 0 Å². The number of nitrogens with two attached hydrogens (primary N) is 1. The van der Waals surface area contributed by atoms with E-state index in [0.717, 1.165) is 44.1 Å². The Hall–Kier alpha value is -0.870. The largest absolute Gasteiger partial charge is 0.444 e. The van der Waals surface area contributed by atoms with Crippen LogP contribution in [0.15, 0.2) is 10.6 Å². The first-order chi connectivity index (χ1) is 7.95. The molecule has 1 aromatic heterocycles. The Morgan fingerprint density at radius 2 is 2.06 bits per heavy atom. The molecule has 1 fully saturated rings. The lowest BCUT2D eigenvalue weighted by Crippen LogP contribution is -2.39. The van der Waals surface area contributed by atoms with Crippen LogP contribution in [0.4, 0.5) is 0 Å². The molecule has 0 amide bonds. The maximum absolute atomic E-state index is 5.89. The number of nitrogens with zero attached hydrogens (tertiary/aromatic N) is 2. The van der Waals surface area contributed by atoms with Gasteiger partial charge in [-0.15, -0.1) is 0 Å². The Balaban J connectivity index is 1.93. The van der Waals surface area contributed by atoms with Crippen molar-refractivity contribution in [1.82, 2.24) is 9.88 Å². The first-order valence-electron chi connectivity index (χ1n) is 6.38. The highest BCUT2D eigenvalue weighted by molar-refractivity contribution is 5.06. The molecule has 2 heterocycles. The van der Waals surface area contributed by atoms with Crippen LogP contribution in [0.25, 0.3) is 0 Å². The Kier molecular flexibility index (Phi) is 3.54. The molecule has 0 saturated carbocycles. The molecule has 0 radical (unpaired) electrons. The molecular weight excluding hydrogens is 214 g/mol. The zero-order valence-corrected chi connectivity index (χ0v) is 11.1. The summed E-state index contributed by atoms with van der Waals surface area (Å²) in [5.74, 6) is 1.78. The van der Waals surface area contributed by atoms with Crippen molar-refractivity contribution in [2.45, 2.75) is 51.6 Å². The van der Waals surface area contributed by atoms with Crippen LogP contribution in [0.1, 0.15) is 45.3 Å². The van der Waals surface area contributed by atoms with Gasteiger partial charge >= 0.3 is 0 Å². The third-order valence-electron chi connectivity index (χ3n) is 3.28. The van der Waals surface area contributed by atoms with Gasteiger partial charge in [-0.25, -0.2) is 4.98 Å². The van der Waals surface area contributed by atoms with Gasteiger partial charge in [0.15, 0.2) is 0 Å². The molecule has 0 aromatic carbocycles. The molecule has 4 heteroatoms. The predicted molar refractivity (Wildman–Crippen MR) is 67.7 cm³/mol. The van der Waals surface area contributed by atoms with E-state index < -0.39 is 0 Å². The molecule has 1 aliphatic rings. The molecule has 0 spiro atoms. The van der Waals surface area contributed by atoms with Crippen LogP contribution in [0.3, 0.4) is 0 Å². The summed E-state index contributed by atoms with van der Waals surface area (Å²) >= 11 is 0. The van der Waals surface area contributed by atoms with Crippen molar-refractivity contribution in [1.29, 1.82) is 0 Å². The highest BCUT2D eigenvalue weighted by Crippen LogP contribution is 2.23. The van der Waals surface area contributed by atoms with E-state index in [9.17, 15) is 0 Å². The van der Waals surface area contributed by atoms with Crippen molar-refractivity contribution in [2.24, 2.45) is 5.73 Å². The molecule has 1 aliphatic heterocycles. The summed E-state index contributed by atoms with van der Waals surface area (Å²) in [5, 5.41) is 0. The molecular formula is C13H23N3O. The minimum absolute atomic E-state index is 0.0372. The average molecular weight is 237 g/mol. The fourth-order valence-corrected chi connectivity index (χ4v) is 2.03. The van der Waals surface area contributed by atoms with Gasteiger partial charge in [-0.3, -0.25) is 4.90 Å². The molecule has 4 nitrogen and oxygen atoms in total. The summed E-state index contributed by atoms with van der Waals surface area (Å²) in [5.41, 5.74) is 5.92. The molecule has 17 heavy (non-hydrogen) atoms. The van der Waals surface area contributed by atoms with E-state index in [1.807, 2.05) is 6.20 Å². The Morgan fingerprint density at radius 1 is 1.41 bits per heavy atom. The van der Waals surface area contributed by atoms with Crippen molar-refractivity contribution >= 4 is 0 Å². The second kappa shape index (κ2) is 4.78. The van der Waals surface area contributed by atoms with E-state index >= 15 is 0 Å². The third-order valence-corrected chi connectivity index (χ3v) is 3.28. The molecule has 1 aromatic rings. The lowest BCUT2D eigenvalue weighted by atomic mass is 9.94. The second-order valence-electron chi connectivity index (χ2n) is 5.98. The van der Waals surface area contributed by atoms with Gasteiger partial charge in [0.05, 0.1) is 12.7 Å². The molecule has 2 rings (SSSR count). The quantitative estimate of drug-likeness (QED) is 0.853. The van der Waals surface area contributed by atoms with Crippen LogP contribution in [0.5, 0.6) is 0 Å². The number of hydrogen-bond donors (Lipinski definition) is 1. The van der Waals surface area contributed by atoms with Gasteiger partial charge in [-0.05, 0) is 12.8 Å². The van der Waals surface area contributed by atoms with E-state index in [-0.39, 0.29) is 5.41 Å². The van der Waals surface area contributed by atoms with Gasteiger partial charge in [0.25, 0.3) is 0 Å². The molecule has 2 N–H and O–H groups in total. The molecule has 0 atom stereocenters.